The van der Waals surface area contributed by atoms with E-state index in [1.807, 2.05) is 0 Å². The zero-order valence-electron chi connectivity index (χ0n) is 11.2. The Bertz CT molecular complexity index is 822. The predicted molar refractivity (Wildman–Crippen MR) is 82.9 cm³/mol. The Hall–Kier alpha value is -2.53. The van der Waals surface area contributed by atoms with Crippen molar-refractivity contribution in [2.45, 2.75) is 0 Å². The van der Waals surface area contributed by atoms with E-state index in [0.29, 0.717) is 11.1 Å². The summed E-state index contributed by atoms with van der Waals surface area (Å²) in [5.74, 6) is -1.84. The molecule has 1 aliphatic rings. The van der Waals surface area contributed by atoms with Gasteiger partial charge in [-0.1, -0.05) is 42.5 Å². The highest BCUT2D eigenvalue weighted by molar-refractivity contribution is 9.12. The molecule has 4 nitrogen and oxygen atoms in total. The molecule has 0 fully saturated rings. The van der Waals surface area contributed by atoms with Gasteiger partial charge in [0.05, 0.1) is 5.56 Å². The summed E-state index contributed by atoms with van der Waals surface area (Å²) in [7, 11) is 0. The molecule has 3 rings (SSSR count). The first-order valence-electron chi connectivity index (χ1n) is 6.45. The third-order valence-corrected chi connectivity index (χ3v) is 3.95. The van der Waals surface area contributed by atoms with Crippen LogP contribution in [0.4, 0.5) is 0 Å². The van der Waals surface area contributed by atoms with Gasteiger partial charge in [-0.2, -0.15) is 0 Å². The van der Waals surface area contributed by atoms with E-state index >= 15 is 0 Å². The molecule has 0 aromatic heterocycles. The van der Waals surface area contributed by atoms with Crippen molar-refractivity contribution < 1.29 is 19.1 Å². The number of benzene rings is 2. The number of rotatable bonds is 2. The Kier molecular flexibility index (Phi) is 3.73. The van der Waals surface area contributed by atoms with Crippen LogP contribution in [-0.2, 0) is 4.74 Å². The molecule has 0 spiro atoms. The molecule has 0 aliphatic heterocycles. The van der Waals surface area contributed by atoms with E-state index < -0.39 is 11.8 Å². The first-order valence-corrected chi connectivity index (χ1v) is 7.24. The van der Waals surface area contributed by atoms with E-state index in [1.165, 1.54) is 6.07 Å². The Morgan fingerprint density at radius 2 is 1.36 bits per heavy atom. The second-order valence-corrected chi connectivity index (χ2v) is 5.40. The van der Waals surface area contributed by atoms with Crippen LogP contribution in [0.5, 0.6) is 0 Å². The van der Waals surface area contributed by atoms with Crippen molar-refractivity contribution in [3.05, 3.63) is 81.5 Å². The largest absolute Gasteiger partial charge is 0.417 e. The summed E-state index contributed by atoms with van der Waals surface area (Å²) >= 11 is 3.06. The Morgan fingerprint density at radius 1 is 0.818 bits per heavy atom. The number of allylic oxidation sites excluding steroid dienone is 2. The van der Waals surface area contributed by atoms with Gasteiger partial charge in [-0.25, -0.2) is 4.79 Å². The molecule has 2 aromatic carbocycles. The molecule has 0 radical (unpaired) electrons. The maximum atomic E-state index is 12.4. The molecule has 0 saturated carbocycles. The van der Waals surface area contributed by atoms with Crippen LogP contribution in [0.15, 0.2) is 64.8 Å². The molecular weight excluding hydrogens is 348 g/mol. The van der Waals surface area contributed by atoms with Gasteiger partial charge in [0.25, 0.3) is 0 Å². The second kappa shape index (κ2) is 5.69. The summed E-state index contributed by atoms with van der Waals surface area (Å²) in [5, 5.41) is 0. The van der Waals surface area contributed by atoms with E-state index in [-0.39, 0.29) is 21.6 Å². The third kappa shape index (κ3) is 2.40. The molecule has 0 bridgehead atoms. The van der Waals surface area contributed by atoms with Crippen LogP contribution >= 0.6 is 15.9 Å². The Balaban J connectivity index is 1.98. The second-order valence-electron chi connectivity index (χ2n) is 4.60. The number of hydrogen-bond donors (Lipinski definition) is 0. The first-order chi connectivity index (χ1) is 10.6. The Morgan fingerprint density at radius 3 is 2.00 bits per heavy atom. The van der Waals surface area contributed by atoms with Gasteiger partial charge in [0.1, 0.15) is 4.48 Å². The van der Waals surface area contributed by atoms with Gasteiger partial charge in [-0.15, -0.1) is 0 Å². The number of hydrogen-bond acceptors (Lipinski definition) is 4. The molecule has 2 aromatic rings. The fourth-order valence-electron chi connectivity index (χ4n) is 2.14. The van der Waals surface area contributed by atoms with E-state index in [4.69, 9.17) is 4.74 Å². The standard InChI is InChI=1S/C17H9BrO4/c18-13-14(19)11-8-4-5-9-12(11)15(20)16(13)22-17(21)10-6-2-1-3-7-10/h1-9H. The Labute approximate surface area is 134 Å². The third-order valence-electron chi connectivity index (χ3n) is 3.23. The normalized spacial score (nSPS) is 13.9. The summed E-state index contributed by atoms with van der Waals surface area (Å²) in [6.45, 7) is 0. The van der Waals surface area contributed by atoms with Crippen molar-refractivity contribution in [3.63, 3.8) is 0 Å². The number of carbonyl (C=O) groups is 3. The van der Waals surface area contributed by atoms with E-state index in [9.17, 15) is 14.4 Å². The molecule has 22 heavy (non-hydrogen) atoms. The van der Waals surface area contributed by atoms with Crippen molar-refractivity contribution in [1.82, 2.24) is 0 Å². The molecule has 1 aliphatic carbocycles. The van der Waals surface area contributed by atoms with Crippen LogP contribution < -0.4 is 0 Å². The van der Waals surface area contributed by atoms with Gasteiger partial charge < -0.3 is 4.74 Å². The molecular formula is C17H9BrO4. The van der Waals surface area contributed by atoms with Crippen LogP contribution in [0.3, 0.4) is 0 Å². The summed E-state index contributed by atoms with van der Waals surface area (Å²) in [4.78, 5) is 36.7. The van der Waals surface area contributed by atoms with E-state index in [0.717, 1.165) is 0 Å². The summed E-state index contributed by atoms with van der Waals surface area (Å²) in [6, 6.07) is 14.7. The molecule has 0 saturated heterocycles. The lowest BCUT2D eigenvalue weighted by Crippen LogP contribution is -2.23. The quantitative estimate of drug-likeness (QED) is 0.772. The molecule has 0 N–H and O–H groups in total. The van der Waals surface area contributed by atoms with Gasteiger partial charge in [0, 0.05) is 11.1 Å². The van der Waals surface area contributed by atoms with Gasteiger partial charge >= 0.3 is 5.97 Å². The SMILES string of the molecule is O=C(OC1=C(Br)C(=O)c2ccccc2C1=O)c1ccccc1. The van der Waals surface area contributed by atoms with Crippen molar-refractivity contribution in [1.29, 1.82) is 0 Å². The zero-order valence-corrected chi connectivity index (χ0v) is 12.8. The lowest BCUT2D eigenvalue weighted by molar-refractivity contribution is 0.0584. The van der Waals surface area contributed by atoms with Crippen LogP contribution in [0, 0.1) is 0 Å². The topological polar surface area (TPSA) is 60.4 Å². The fraction of sp³-hybridized carbons (Fsp3) is 0. The van der Waals surface area contributed by atoms with E-state index in [2.05, 4.69) is 15.9 Å². The lowest BCUT2D eigenvalue weighted by Gasteiger charge is -2.17. The fourth-order valence-corrected chi connectivity index (χ4v) is 2.61. The number of carbonyl (C=O) groups excluding carboxylic acids is 3. The maximum Gasteiger partial charge on any atom is 0.343 e. The number of ether oxygens (including phenoxy) is 1. The highest BCUT2D eigenvalue weighted by Gasteiger charge is 2.33. The molecule has 5 heteroatoms. The minimum absolute atomic E-state index is 0.0412. The highest BCUT2D eigenvalue weighted by atomic mass is 79.9. The molecule has 0 unspecified atom stereocenters. The molecule has 0 amide bonds. The number of esters is 1. The number of halogens is 1. The average Bonchev–Trinajstić information content (AvgIpc) is 2.57. The van der Waals surface area contributed by atoms with Gasteiger partial charge in [0.15, 0.2) is 5.76 Å². The van der Waals surface area contributed by atoms with Gasteiger partial charge in [-0.3, -0.25) is 9.59 Å². The number of Topliss-reactive ketones (excluding diaryl/α,β-unsaturated/α-hetero) is 2. The maximum absolute atomic E-state index is 12.4. The van der Waals surface area contributed by atoms with Crippen LogP contribution in [-0.4, -0.2) is 17.5 Å². The summed E-state index contributed by atoms with van der Waals surface area (Å²) < 4.78 is 5.11. The minimum Gasteiger partial charge on any atom is -0.417 e. The van der Waals surface area contributed by atoms with Crippen LogP contribution in [0.1, 0.15) is 31.1 Å². The summed E-state index contributed by atoms with van der Waals surface area (Å²) in [6.07, 6.45) is 0. The van der Waals surface area contributed by atoms with Gasteiger partial charge in [-0.05, 0) is 28.1 Å². The smallest absolute Gasteiger partial charge is 0.343 e. The minimum atomic E-state index is -0.687. The van der Waals surface area contributed by atoms with Crippen molar-refractivity contribution >= 4 is 33.5 Å². The molecule has 108 valence electrons. The monoisotopic (exact) mass is 356 g/mol. The van der Waals surface area contributed by atoms with Crippen LogP contribution in [0.2, 0.25) is 0 Å². The summed E-state index contributed by atoms with van der Waals surface area (Å²) in [5.41, 5.74) is 0.819. The number of ketones is 2. The number of fused-ring (bicyclic) bond motifs is 1. The highest BCUT2D eigenvalue weighted by Crippen LogP contribution is 2.30. The lowest BCUT2D eigenvalue weighted by atomic mass is 9.93. The van der Waals surface area contributed by atoms with Crippen molar-refractivity contribution in [3.8, 4) is 0 Å². The van der Waals surface area contributed by atoms with E-state index in [1.54, 1.807) is 48.5 Å². The van der Waals surface area contributed by atoms with Crippen LogP contribution in [0.25, 0.3) is 0 Å². The molecule has 0 atom stereocenters. The zero-order chi connectivity index (χ0) is 15.7. The predicted octanol–water partition coefficient (Wildman–Crippen LogP) is 3.53. The molecule has 0 heterocycles. The first kappa shape index (κ1) is 14.4. The average molecular weight is 357 g/mol. The van der Waals surface area contributed by atoms with Crippen molar-refractivity contribution in [2.75, 3.05) is 0 Å². The van der Waals surface area contributed by atoms with Gasteiger partial charge in [0.2, 0.25) is 11.6 Å². The van der Waals surface area contributed by atoms with Crippen molar-refractivity contribution in [2.24, 2.45) is 0 Å².